The molecular weight excluding hydrogens is 368 g/mol. The molecule has 1 aromatic rings. The Bertz CT molecular complexity index is 589. The molecule has 0 atom stereocenters. The van der Waals surface area contributed by atoms with Crippen LogP contribution in [0.15, 0.2) is 12.1 Å². The highest BCUT2D eigenvalue weighted by Gasteiger charge is 2.14. The molecule has 0 unspecified atom stereocenters. The molecule has 0 amide bonds. The van der Waals surface area contributed by atoms with E-state index in [-0.39, 0.29) is 11.7 Å². The number of carbonyl (C=O) groups is 1. The fraction of sp³-hybridized carbons (Fsp3) is 0.750. The number of aromatic hydroxyl groups is 1. The summed E-state index contributed by atoms with van der Waals surface area (Å²) in [5, 5.41) is 10.1. The van der Waals surface area contributed by atoms with E-state index in [0.29, 0.717) is 12.2 Å². The van der Waals surface area contributed by atoms with E-state index in [4.69, 9.17) is 0 Å². The van der Waals surface area contributed by atoms with E-state index in [1.165, 1.54) is 83.5 Å². The Morgan fingerprint density at radius 1 is 0.767 bits per heavy atom. The van der Waals surface area contributed by atoms with Crippen LogP contribution in [0.25, 0.3) is 0 Å². The second-order valence-corrected chi connectivity index (χ2v) is 9.50. The molecule has 172 valence electrons. The van der Waals surface area contributed by atoms with Crippen LogP contribution >= 0.6 is 0 Å². The van der Waals surface area contributed by atoms with Crippen LogP contribution < -0.4 is 0 Å². The van der Waals surface area contributed by atoms with Crippen molar-refractivity contribution in [1.29, 1.82) is 0 Å². The van der Waals surface area contributed by atoms with Gasteiger partial charge in [0.1, 0.15) is 5.75 Å². The number of ketones is 1. The molecule has 1 N–H and O–H groups in total. The molecule has 1 rings (SSSR count). The Morgan fingerprint density at radius 2 is 1.20 bits per heavy atom. The number of hydrogen-bond donors (Lipinski definition) is 1. The Morgan fingerprint density at radius 3 is 1.63 bits per heavy atom. The first-order valence-electron chi connectivity index (χ1n) is 12.8. The fourth-order valence-corrected chi connectivity index (χ4v) is 4.26. The molecule has 0 aliphatic carbocycles. The number of unbranched alkanes of at least 4 members (excludes halogenated alkanes) is 14. The van der Waals surface area contributed by atoms with Crippen molar-refractivity contribution in [3.05, 3.63) is 28.8 Å². The molecule has 0 saturated heterocycles. The number of Topliss-reactive ketones (excluding diaryl/α,β-unsaturated/α-hetero) is 1. The molecule has 0 aliphatic rings. The third-order valence-corrected chi connectivity index (χ3v) is 6.30. The van der Waals surface area contributed by atoms with Crippen LogP contribution in [-0.2, 0) is 0 Å². The lowest BCUT2D eigenvalue weighted by molar-refractivity contribution is 0.0978. The van der Waals surface area contributed by atoms with Gasteiger partial charge >= 0.3 is 0 Å². The summed E-state index contributed by atoms with van der Waals surface area (Å²) in [7, 11) is 0. The molecule has 0 bridgehead atoms. The van der Waals surface area contributed by atoms with E-state index in [0.717, 1.165) is 29.5 Å². The lowest BCUT2D eigenvalue weighted by atomic mass is 9.93. The van der Waals surface area contributed by atoms with Crippen LogP contribution in [0, 0.1) is 6.92 Å². The molecule has 0 radical (unpaired) electrons. The maximum absolute atomic E-state index is 12.6. The van der Waals surface area contributed by atoms with Crippen LogP contribution in [0.5, 0.6) is 5.75 Å². The molecular formula is C28H48O2. The monoisotopic (exact) mass is 416 g/mol. The predicted molar refractivity (Wildman–Crippen MR) is 131 cm³/mol. The molecule has 0 spiro atoms. The Hall–Kier alpha value is -1.31. The molecule has 2 nitrogen and oxygen atoms in total. The van der Waals surface area contributed by atoms with Crippen molar-refractivity contribution in [3.63, 3.8) is 0 Å². The third kappa shape index (κ3) is 11.2. The van der Waals surface area contributed by atoms with Crippen molar-refractivity contribution >= 4 is 5.78 Å². The molecule has 1 aromatic carbocycles. The number of benzene rings is 1. The Labute approximate surface area is 186 Å². The zero-order valence-corrected chi connectivity index (χ0v) is 20.4. The highest BCUT2D eigenvalue weighted by molar-refractivity contribution is 5.97. The average molecular weight is 417 g/mol. The molecule has 0 fully saturated rings. The van der Waals surface area contributed by atoms with E-state index in [1.807, 2.05) is 26.8 Å². The minimum Gasteiger partial charge on any atom is -0.508 e. The third-order valence-electron chi connectivity index (χ3n) is 6.30. The summed E-state index contributed by atoms with van der Waals surface area (Å²) in [6.45, 7) is 8.30. The van der Waals surface area contributed by atoms with Gasteiger partial charge in [-0.25, -0.2) is 0 Å². The van der Waals surface area contributed by atoms with Gasteiger partial charge in [-0.15, -0.1) is 0 Å². The van der Waals surface area contributed by atoms with Crippen LogP contribution in [0.2, 0.25) is 0 Å². The Kier molecular flexibility index (Phi) is 14.6. The zero-order chi connectivity index (χ0) is 22.2. The number of phenols is 1. The Balaban J connectivity index is 2.04. The summed E-state index contributed by atoms with van der Waals surface area (Å²) in [5.74, 6) is 0.762. The van der Waals surface area contributed by atoms with Gasteiger partial charge in [0.05, 0.1) is 0 Å². The first-order chi connectivity index (χ1) is 14.5. The average Bonchev–Trinajstić information content (AvgIpc) is 2.70. The molecule has 0 aliphatic heterocycles. The number of rotatable bonds is 18. The van der Waals surface area contributed by atoms with Crippen LogP contribution in [0.1, 0.15) is 151 Å². The zero-order valence-electron chi connectivity index (χ0n) is 20.4. The van der Waals surface area contributed by atoms with Crippen LogP contribution in [-0.4, -0.2) is 10.9 Å². The molecule has 0 heterocycles. The first-order valence-corrected chi connectivity index (χ1v) is 12.8. The topological polar surface area (TPSA) is 37.3 Å². The van der Waals surface area contributed by atoms with Gasteiger partial charge in [-0.3, -0.25) is 4.79 Å². The van der Waals surface area contributed by atoms with E-state index in [2.05, 4.69) is 6.92 Å². The first kappa shape index (κ1) is 26.7. The smallest absolute Gasteiger partial charge is 0.163 e. The number of aryl methyl sites for hydroxylation is 1. The predicted octanol–water partition coefficient (Wildman–Crippen LogP) is 9.27. The highest BCUT2D eigenvalue weighted by atomic mass is 16.3. The maximum Gasteiger partial charge on any atom is 0.163 e. The van der Waals surface area contributed by atoms with E-state index < -0.39 is 0 Å². The standard InChI is InChI=1S/C28H48O2/c1-5-6-7-8-9-10-11-12-13-14-15-16-17-18-19-20-27(29)26-22-25(23(2)3)28(30)21-24(26)4/h21-23,30H,5-20H2,1-4H3. The van der Waals surface area contributed by atoms with Crippen molar-refractivity contribution in [1.82, 2.24) is 0 Å². The molecule has 0 saturated carbocycles. The molecule has 30 heavy (non-hydrogen) atoms. The fourth-order valence-electron chi connectivity index (χ4n) is 4.26. The molecule has 2 heteroatoms. The number of phenolic OH excluding ortho intramolecular Hbond substituents is 1. The van der Waals surface area contributed by atoms with Crippen LogP contribution in [0.4, 0.5) is 0 Å². The van der Waals surface area contributed by atoms with Crippen molar-refractivity contribution in [2.45, 2.75) is 136 Å². The molecule has 0 aromatic heterocycles. The highest BCUT2D eigenvalue weighted by Crippen LogP contribution is 2.29. The SMILES string of the molecule is CCCCCCCCCCCCCCCCCC(=O)c1cc(C(C)C)c(O)cc1C. The van der Waals surface area contributed by atoms with Gasteiger partial charge in [0.2, 0.25) is 0 Å². The lowest BCUT2D eigenvalue weighted by Gasteiger charge is -2.13. The maximum atomic E-state index is 12.6. The lowest BCUT2D eigenvalue weighted by Crippen LogP contribution is -2.04. The summed E-state index contributed by atoms with van der Waals surface area (Å²) in [6, 6.07) is 3.65. The quantitative estimate of drug-likeness (QED) is 0.191. The summed E-state index contributed by atoms with van der Waals surface area (Å²) in [5.41, 5.74) is 2.56. The minimum atomic E-state index is 0.225. The van der Waals surface area contributed by atoms with Crippen molar-refractivity contribution in [3.8, 4) is 5.75 Å². The number of hydrogen-bond acceptors (Lipinski definition) is 2. The summed E-state index contributed by atoms with van der Waals surface area (Å²) in [4.78, 5) is 12.6. The van der Waals surface area contributed by atoms with Gasteiger partial charge in [-0.2, -0.15) is 0 Å². The number of carbonyl (C=O) groups excluding carboxylic acids is 1. The van der Waals surface area contributed by atoms with Crippen molar-refractivity contribution < 1.29 is 9.90 Å². The minimum absolute atomic E-state index is 0.225. The second-order valence-electron chi connectivity index (χ2n) is 9.50. The van der Waals surface area contributed by atoms with Gasteiger partial charge < -0.3 is 5.11 Å². The largest absolute Gasteiger partial charge is 0.508 e. The van der Waals surface area contributed by atoms with Crippen LogP contribution in [0.3, 0.4) is 0 Å². The van der Waals surface area contributed by atoms with Gasteiger partial charge in [0, 0.05) is 12.0 Å². The van der Waals surface area contributed by atoms with Crippen molar-refractivity contribution in [2.75, 3.05) is 0 Å². The normalized spacial score (nSPS) is 11.4. The van der Waals surface area contributed by atoms with Gasteiger partial charge in [-0.1, -0.05) is 111 Å². The van der Waals surface area contributed by atoms with E-state index >= 15 is 0 Å². The van der Waals surface area contributed by atoms with E-state index in [9.17, 15) is 9.90 Å². The van der Waals surface area contributed by atoms with Gasteiger partial charge in [-0.05, 0) is 42.5 Å². The second kappa shape index (κ2) is 16.4. The summed E-state index contributed by atoms with van der Waals surface area (Å²) in [6.07, 6.45) is 20.7. The summed E-state index contributed by atoms with van der Waals surface area (Å²) < 4.78 is 0. The summed E-state index contributed by atoms with van der Waals surface area (Å²) >= 11 is 0. The van der Waals surface area contributed by atoms with Gasteiger partial charge in [0.15, 0.2) is 5.78 Å². The van der Waals surface area contributed by atoms with E-state index in [1.54, 1.807) is 6.07 Å². The van der Waals surface area contributed by atoms with Crippen molar-refractivity contribution in [2.24, 2.45) is 0 Å². The van der Waals surface area contributed by atoms with Gasteiger partial charge in [0.25, 0.3) is 0 Å².